The molecule has 1 aromatic heterocycles. The van der Waals surface area contributed by atoms with Gasteiger partial charge in [0.15, 0.2) is 14.9 Å². The Morgan fingerprint density at radius 2 is 2.00 bits per heavy atom. The van der Waals surface area contributed by atoms with Gasteiger partial charge in [-0.2, -0.15) is 5.26 Å². The molecule has 1 heterocycles. The SMILES string of the molecule is CS(=O)(=O)c1ccc(-c2ccc(N)cc2C#N)cn1. The molecule has 19 heavy (non-hydrogen) atoms. The molecule has 0 aliphatic rings. The minimum atomic E-state index is -3.32. The molecule has 5 nitrogen and oxygen atoms in total. The van der Waals surface area contributed by atoms with Crippen LogP contribution < -0.4 is 5.73 Å². The summed E-state index contributed by atoms with van der Waals surface area (Å²) in [4.78, 5) is 3.90. The monoisotopic (exact) mass is 273 g/mol. The van der Waals surface area contributed by atoms with Crippen LogP contribution in [0, 0.1) is 11.3 Å². The van der Waals surface area contributed by atoms with E-state index in [-0.39, 0.29) is 5.03 Å². The fourth-order valence-electron chi connectivity index (χ4n) is 1.67. The zero-order chi connectivity index (χ0) is 14.0. The van der Waals surface area contributed by atoms with E-state index in [9.17, 15) is 8.42 Å². The number of hydrogen-bond acceptors (Lipinski definition) is 5. The van der Waals surface area contributed by atoms with Gasteiger partial charge in [0.05, 0.1) is 11.6 Å². The Balaban J connectivity index is 2.52. The van der Waals surface area contributed by atoms with Crippen LogP contribution in [0.1, 0.15) is 5.56 Å². The van der Waals surface area contributed by atoms with Crippen molar-refractivity contribution in [2.45, 2.75) is 5.03 Å². The number of sulfone groups is 1. The minimum absolute atomic E-state index is 0.00482. The van der Waals surface area contributed by atoms with E-state index in [2.05, 4.69) is 11.1 Å². The number of pyridine rings is 1. The lowest BCUT2D eigenvalue weighted by Gasteiger charge is -2.05. The molecule has 0 unspecified atom stereocenters. The van der Waals surface area contributed by atoms with Crippen LogP contribution in [-0.4, -0.2) is 19.7 Å². The molecule has 2 N–H and O–H groups in total. The summed E-state index contributed by atoms with van der Waals surface area (Å²) in [5, 5.41) is 9.07. The maximum atomic E-state index is 11.3. The van der Waals surface area contributed by atoms with Gasteiger partial charge in [0, 0.05) is 29.3 Å². The fraction of sp³-hybridized carbons (Fsp3) is 0.0769. The summed E-state index contributed by atoms with van der Waals surface area (Å²) in [6.45, 7) is 0. The molecular weight excluding hydrogens is 262 g/mol. The summed E-state index contributed by atoms with van der Waals surface area (Å²) < 4.78 is 22.6. The largest absolute Gasteiger partial charge is 0.399 e. The molecule has 0 bridgehead atoms. The summed E-state index contributed by atoms with van der Waals surface area (Å²) in [5.41, 5.74) is 7.88. The summed E-state index contributed by atoms with van der Waals surface area (Å²) in [6.07, 6.45) is 2.53. The van der Waals surface area contributed by atoms with Crippen molar-refractivity contribution in [3.05, 3.63) is 42.1 Å². The summed E-state index contributed by atoms with van der Waals surface area (Å²) in [5.74, 6) is 0. The number of nitrogens with zero attached hydrogens (tertiary/aromatic N) is 2. The Kier molecular flexibility index (Phi) is 3.23. The summed E-state index contributed by atoms with van der Waals surface area (Å²) in [7, 11) is -3.32. The van der Waals surface area contributed by atoms with Gasteiger partial charge in [-0.05, 0) is 24.3 Å². The van der Waals surface area contributed by atoms with Crippen molar-refractivity contribution in [2.75, 3.05) is 12.0 Å². The van der Waals surface area contributed by atoms with E-state index in [0.29, 0.717) is 22.4 Å². The maximum absolute atomic E-state index is 11.3. The highest BCUT2D eigenvalue weighted by Gasteiger charge is 2.10. The number of rotatable bonds is 2. The fourth-order valence-corrected chi connectivity index (χ4v) is 2.22. The average Bonchev–Trinajstić information content (AvgIpc) is 2.37. The van der Waals surface area contributed by atoms with Gasteiger partial charge in [-0.25, -0.2) is 13.4 Å². The first-order valence-electron chi connectivity index (χ1n) is 5.38. The Hall–Kier alpha value is -2.39. The maximum Gasteiger partial charge on any atom is 0.192 e. The Bertz CT molecular complexity index is 759. The third kappa shape index (κ3) is 2.72. The van der Waals surface area contributed by atoms with Crippen LogP contribution in [-0.2, 0) is 9.84 Å². The molecular formula is C13H11N3O2S. The predicted molar refractivity (Wildman–Crippen MR) is 71.9 cm³/mol. The number of nitrogen functional groups attached to an aromatic ring is 1. The second-order valence-electron chi connectivity index (χ2n) is 4.07. The lowest BCUT2D eigenvalue weighted by molar-refractivity contribution is 0.598. The Labute approximate surface area is 111 Å². The topological polar surface area (TPSA) is 96.8 Å². The zero-order valence-electron chi connectivity index (χ0n) is 10.2. The van der Waals surface area contributed by atoms with Crippen LogP contribution in [0.15, 0.2) is 41.6 Å². The van der Waals surface area contributed by atoms with E-state index < -0.39 is 9.84 Å². The predicted octanol–water partition coefficient (Wildman–Crippen LogP) is 1.61. The molecule has 0 fully saturated rings. The van der Waals surface area contributed by atoms with Gasteiger partial charge < -0.3 is 5.73 Å². The first kappa shape index (κ1) is 13.1. The highest BCUT2D eigenvalue weighted by molar-refractivity contribution is 7.90. The van der Waals surface area contributed by atoms with Crippen molar-refractivity contribution in [1.82, 2.24) is 4.98 Å². The molecule has 0 aliphatic carbocycles. The minimum Gasteiger partial charge on any atom is -0.399 e. The summed E-state index contributed by atoms with van der Waals surface area (Å²) >= 11 is 0. The van der Waals surface area contributed by atoms with Crippen molar-refractivity contribution in [1.29, 1.82) is 5.26 Å². The Morgan fingerprint density at radius 1 is 1.26 bits per heavy atom. The van der Waals surface area contributed by atoms with Crippen molar-refractivity contribution in [3.63, 3.8) is 0 Å². The number of benzene rings is 1. The van der Waals surface area contributed by atoms with E-state index in [1.54, 1.807) is 24.3 Å². The second-order valence-corrected chi connectivity index (χ2v) is 6.04. The molecule has 0 spiro atoms. The van der Waals surface area contributed by atoms with Gasteiger partial charge in [-0.3, -0.25) is 0 Å². The second kappa shape index (κ2) is 4.71. The van der Waals surface area contributed by atoms with Crippen LogP contribution in [0.2, 0.25) is 0 Å². The highest BCUT2D eigenvalue weighted by atomic mass is 32.2. The van der Waals surface area contributed by atoms with Crippen LogP contribution in [0.5, 0.6) is 0 Å². The van der Waals surface area contributed by atoms with E-state index in [1.165, 1.54) is 12.3 Å². The van der Waals surface area contributed by atoms with Crippen molar-refractivity contribution < 1.29 is 8.42 Å². The van der Waals surface area contributed by atoms with Crippen LogP contribution >= 0.6 is 0 Å². The number of aromatic nitrogens is 1. The number of nitriles is 1. The lowest BCUT2D eigenvalue weighted by Crippen LogP contribution is -2.00. The molecule has 0 saturated heterocycles. The molecule has 2 rings (SSSR count). The molecule has 96 valence electrons. The summed E-state index contributed by atoms with van der Waals surface area (Å²) in [6, 6.07) is 10.1. The van der Waals surface area contributed by atoms with Gasteiger partial charge in [0.1, 0.15) is 0 Å². The third-order valence-electron chi connectivity index (χ3n) is 2.59. The lowest BCUT2D eigenvalue weighted by atomic mass is 10.0. The molecule has 2 aromatic rings. The standard InChI is InChI=1S/C13H11N3O2S/c1-19(17,18)13-5-2-9(8-16-13)12-4-3-11(15)6-10(12)7-14/h2-6,8H,15H2,1H3. The third-order valence-corrected chi connectivity index (χ3v) is 3.59. The van der Waals surface area contributed by atoms with E-state index >= 15 is 0 Å². The van der Waals surface area contributed by atoms with Crippen molar-refractivity contribution in [3.8, 4) is 17.2 Å². The smallest absolute Gasteiger partial charge is 0.192 e. The Morgan fingerprint density at radius 3 is 2.53 bits per heavy atom. The quantitative estimate of drug-likeness (QED) is 0.838. The molecule has 0 saturated carbocycles. The van der Waals surface area contributed by atoms with Gasteiger partial charge in [-0.15, -0.1) is 0 Å². The van der Waals surface area contributed by atoms with Crippen LogP contribution in [0.25, 0.3) is 11.1 Å². The highest BCUT2D eigenvalue weighted by Crippen LogP contribution is 2.25. The molecule has 0 amide bonds. The number of nitrogens with two attached hydrogens (primary N) is 1. The number of hydrogen-bond donors (Lipinski definition) is 1. The molecule has 0 atom stereocenters. The molecule has 0 radical (unpaired) electrons. The number of anilines is 1. The van der Waals surface area contributed by atoms with E-state index in [1.807, 2.05) is 0 Å². The first-order chi connectivity index (χ1) is 8.91. The van der Waals surface area contributed by atoms with E-state index in [4.69, 9.17) is 11.0 Å². The van der Waals surface area contributed by atoms with Gasteiger partial charge in [-0.1, -0.05) is 6.07 Å². The van der Waals surface area contributed by atoms with Crippen molar-refractivity contribution in [2.24, 2.45) is 0 Å². The molecule has 0 aliphatic heterocycles. The van der Waals surface area contributed by atoms with Crippen LogP contribution in [0.4, 0.5) is 5.69 Å². The van der Waals surface area contributed by atoms with Gasteiger partial charge in [0.2, 0.25) is 0 Å². The first-order valence-corrected chi connectivity index (χ1v) is 7.27. The van der Waals surface area contributed by atoms with E-state index in [0.717, 1.165) is 6.26 Å². The van der Waals surface area contributed by atoms with Crippen LogP contribution in [0.3, 0.4) is 0 Å². The van der Waals surface area contributed by atoms with Gasteiger partial charge in [0.25, 0.3) is 0 Å². The molecule has 6 heteroatoms. The molecule has 1 aromatic carbocycles. The average molecular weight is 273 g/mol. The normalized spacial score (nSPS) is 10.9. The van der Waals surface area contributed by atoms with Crippen molar-refractivity contribution >= 4 is 15.5 Å². The zero-order valence-corrected chi connectivity index (χ0v) is 11.0. The van der Waals surface area contributed by atoms with Gasteiger partial charge >= 0.3 is 0 Å².